The summed E-state index contributed by atoms with van der Waals surface area (Å²) in [5.41, 5.74) is 2.60. The summed E-state index contributed by atoms with van der Waals surface area (Å²) in [6.45, 7) is 7.10. The molecule has 1 aliphatic carbocycles. The van der Waals surface area contributed by atoms with E-state index >= 15 is 0 Å². The first kappa shape index (κ1) is 22.2. The maximum absolute atomic E-state index is 10.3. The van der Waals surface area contributed by atoms with E-state index in [0.717, 1.165) is 38.5 Å². The fraction of sp³-hybridized carbons (Fsp3) is 0.750. The van der Waals surface area contributed by atoms with Crippen LogP contribution in [0.25, 0.3) is 0 Å². The van der Waals surface area contributed by atoms with Crippen LogP contribution in [0.4, 0.5) is 0 Å². The fourth-order valence-corrected chi connectivity index (χ4v) is 4.89. The third-order valence-corrected chi connectivity index (χ3v) is 6.52. The van der Waals surface area contributed by atoms with Gasteiger partial charge in [0.05, 0.1) is 6.10 Å². The third-order valence-electron chi connectivity index (χ3n) is 6.52. The average molecular weight is 377 g/mol. The molecule has 3 heteroatoms. The number of aromatic hydroxyl groups is 1. The second-order valence-corrected chi connectivity index (χ2v) is 9.17. The maximum Gasteiger partial charge on any atom is 0.115 e. The van der Waals surface area contributed by atoms with E-state index in [1.165, 1.54) is 36.8 Å². The Morgan fingerprint density at radius 3 is 2.56 bits per heavy atom. The van der Waals surface area contributed by atoms with Gasteiger partial charge in [-0.2, -0.15) is 0 Å². The van der Waals surface area contributed by atoms with Gasteiger partial charge in [0.25, 0.3) is 0 Å². The molecule has 27 heavy (non-hydrogen) atoms. The zero-order valence-electron chi connectivity index (χ0n) is 17.6. The Morgan fingerprint density at radius 2 is 1.85 bits per heavy atom. The average Bonchev–Trinajstić information content (AvgIpc) is 2.64. The molecule has 2 rings (SSSR count). The van der Waals surface area contributed by atoms with Crippen LogP contribution < -0.4 is 0 Å². The Labute approximate surface area is 165 Å². The van der Waals surface area contributed by atoms with Crippen LogP contribution in [0.5, 0.6) is 5.75 Å². The monoisotopic (exact) mass is 376 g/mol. The van der Waals surface area contributed by atoms with Crippen molar-refractivity contribution in [1.29, 1.82) is 0 Å². The van der Waals surface area contributed by atoms with Gasteiger partial charge in [-0.1, -0.05) is 52.5 Å². The zero-order valence-corrected chi connectivity index (χ0v) is 17.6. The van der Waals surface area contributed by atoms with Crippen LogP contribution in [-0.2, 0) is 5.41 Å². The number of benzene rings is 1. The fourth-order valence-electron chi connectivity index (χ4n) is 4.89. The molecular formula is C24H40O3. The number of unbranched alkanes of at least 4 members (excludes halogenated alkanes) is 3. The Hall–Kier alpha value is -1.06. The normalized spacial score (nSPS) is 23.5. The van der Waals surface area contributed by atoms with Crippen LogP contribution in [0.3, 0.4) is 0 Å². The van der Waals surface area contributed by atoms with Crippen molar-refractivity contribution in [1.82, 2.24) is 0 Å². The van der Waals surface area contributed by atoms with Crippen LogP contribution in [0.2, 0.25) is 0 Å². The summed E-state index contributed by atoms with van der Waals surface area (Å²) in [6.07, 6.45) is 10.3. The number of aliphatic hydroxyl groups is 2. The van der Waals surface area contributed by atoms with Gasteiger partial charge in [0.1, 0.15) is 5.75 Å². The summed E-state index contributed by atoms with van der Waals surface area (Å²) in [5.74, 6) is 1.05. The van der Waals surface area contributed by atoms with Crippen molar-refractivity contribution in [2.45, 2.75) is 102 Å². The molecule has 0 amide bonds. The van der Waals surface area contributed by atoms with E-state index in [0.29, 0.717) is 11.7 Å². The van der Waals surface area contributed by atoms with E-state index in [9.17, 15) is 15.3 Å². The summed E-state index contributed by atoms with van der Waals surface area (Å²) in [7, 11) is 0. The Morgan fingerprint density at radius 1 is 1.07 bits per heavy atom. The Bertz CT molecular complexity index is 565. The second kappa shape index (κ2) is 10.5. The molecule has 1 aromatic carbocycles. The summed E-state index contributed by atoms with van der Waals surface area (Å²) < 4.78 is 0. The minimum Gasteiger partial charge on any atom is -0.508 e. The van der Waals surface area contributed by atoms with Gasteiger partial charge in [0.15, 0.2) is 0 Å². The molecule has 3 nitrogen and oxygen atoms in total. The minimum atomic E-state index is -0.261. The van der Waals surface area contributed by atoms with E-state index in [-0.39, 0.29) is 24.0 Å². The van der Waals surface area contributed by atoms with Crippen LogP contribution in [0, 0.1) is 5.92 Å². The molecule has 154 valence electrons. The Balaban J connectivity index is 2.29. The number of phenolic OH excluding ortho intramolecular Hbond substituents is 1. The lowest BCUT2D eigenvalue weighted by atomic mass is 9.67. The molecule has 3 unspecified atom stereocenters. The molecular weight excluding hydrogens is 336 g/mol. The van der Waals surface area contributed by atoms with Gasteiger partial charge >= 0.3 is 0 Å². The summed E-state index contributed by atoms with van der Waals surface area (Å²) in [5, 5.41) is 29.8. The lowest BCUT2D eigenvalue weighted by Gasteiger charge is -2.38. The number of hydrogen-bond donors (Lipinski definition) is 3. The van der Waals surface area contributed by atoms with E-state index in [4.69, 9.17) is 0 Å². The smallest absolute Gasteiger partial charge is 0.115 e. The molecule has 0 aromatic heterocycles. The molecule has 0 bridgehead atoms. The number of aliphatic hydroxyl groups excluding tert-OH is 2. The highest BCUT2D eigenvalue weighted by Gasteiger charge is 2.34. The van der Waals surface area contributed by atoms with Gasteiger partial charge in [0.2, 0.25) is 0 Å². The van der Waals surface area contributed by atoms with Gasteiger partial charge in [-0.05, 0) is 79.0 Å². The predicted octanol–water partition coefficient (Wildman–Crippen LogP) is 5.66. The number of hydrogen-bond acceptors (Lipinski definition) is 3. The topological polar surface area (TPSA) is 60.7 Å². The van der Waals surface area contributed by atoms with Crippen LogP contribution >= 0.6 is 0 Å². The largest absolute Gasteiger partial charge is 0.508 e. The number of rotatable bonds is 10. The van der Waals surface area contributed by atoms with Crippen molar-refractivity contribution in [2.24, 2.45) is 5.92 Å². The van der Waals surface area contributed by atoms with Crippen LogP contribution in [0.15, 0.2) is 18.2 Å². The van der Waals surface area contributed by atoms with Crippen molar-refractivity contribution in [3.8, 4) is 5.75 Å². The van der Waals surface area contributed by atoms with E-state index in [2.05, 4.69) is 26.8 Å². The SMILES string of the molecule is CCCCCCC(C)(C)c1ccc(O)cc1C1CC(O)CCC1CCCO. The molecule has 0 aliphatic heterocycles. The molecule has 0 saturated heterocycles. The quantitative estimate of drug-likeness (QED) is 0.462. The van der Waals surface area contributed by atoms with E-state index in [1.54, 1.807) is 0 Å². The molecule has 1 aromatic rings. The lowest BCUT2D eigenvalue weighted by Crippen LogP contribution is -2.29. The highest BCUT2D eigenvalue weighted by atomic mass is 16.3. The highest BCUT2D eigenvalue weighted by Crippen LogP contribution is 2.45. The van der Waals surface area contributed by atoms with E-state index < -0.39 is 0 Å². The molecule has 0 spiro atoms. The van der Waals surface area contributed by atoms with Crippen molar-refractivity contribution in [3.63, 3.8) is 0 Å². The van der Waals surface area contributed by atoms with E-state index in [1.807, 2.05) is 12.1 Å². The van der Waals surface area contributed by atoms with Crippen molar-refractivity contribution < 1.29 is 15.3 Å². The minimum absolute atomic E-state index is 0.0563. The van der Waals surface area contributed by atoms with Gasteiger partial charge in [-0.15, -0.1) is 0 Å². The van der Waals surface area contributed by atoms with Gasteiger partial charge < -0.3 is 15.3 Å². The zero-order chi connectivity index (χ0) is 19.9. The van der Waals surface area contributed by atoms with Gasteiger partial charge in [-0.3, -0.25) is 0 Å². The third kappa shape index (κ3) is 6.22. The molecule has 1 aliphatic rings. The molecule has 3 atom stereocenters. The van der Waals surface area contributed by atoms with Gasteiger partial charge in [0, 0.05) is 6.61 Å². The molecule has 0 heterocycles. The molecule has 0 radical (unpaired) electrons. The number of phenols is 1. The molecule has 1 fully saturated rings. The molecule has 1 saturated carbocycles. The second-order valence-electron chi connectivity index (χ2n) is 9.17. The van der Waals surface area contributed by atoms with Crippen molar-refractivity contribution in [3.05, 3.63) is 29.3 Å². The molecule has 3 N–H and O–H groups in total. The first-order chi connectivity index (χ1) is 12.9. The summed E-state index contributed by atoms with van der Waals surface area (Å²) >= 11 is 0. The maximum atomic E-state index is 10.3. The van der Waals surface area contributed by atoms with Crippen molar-refractivity contribution in [2.75, 3.05) is 6.61 Å². The van der Waals surface area contributed by atoms with Gasteiger partial charge in [-0.25, -0.2) is 0 Å². The Kier molecular flexibility index (Phi) is 8.62. The lowest BCUT2D eigenvalue weighted by molar-refractivity contribution is 0.0879. The van der Waals surface area contributed by atoms with Crippen LogP contribution in [-0.4, -0.2) is 28.0 Å². The summed E-state index contributed by atoms with van der Waals surface area (Å²) in [6, 6.07) is 5.86. The standard InChI is InChI=1S/C24H40O3/c1-4-5-6-7-14-24(2,3)23-13-12-20(27)17-22(23)21-16-19(26)11-10-18(21)9-8-15-25/h12-13,17-19,21,25-27H,4-11,14-16H2,1-3H3. The predicted molar refractivity (Wildman–Crippen MR) is 112 cm³/mol. The van der Waals surface area contributed by atoms with Crippen molar-refractivity contribution >= 4 is 0 Å². The first-order valence-corrected chi connectivity index (χ1v) is 11.0. The first-order valence-electron chi connectivity index (χ1n) is 11.0. The highest BCUT2D eigenvalue weighted by molar-refractivity contribution is 5.42. The van der Waals surface area contributed by atoms with Crippen LogP contribution in [0.1, 0.15) is 102 Å². The summed E-state index contributed by atoms with van der Waals surface area (Å²) in [4.78, 5) is 0.